The molecule has 0 atom stereocenters. The number of amides is 2. The third kappa shape index (κ3) is 7.81. The predicted molar refractivity (Wildman–Crippen MR) is 89.7 cm³/mol. The Hall–Kier alpha value is -1.84. The van der Waals surface area contributed by atoms with Crippen molar-refractivity contribution in [3.8, 4) is 0 Å². The maximum absolute atomic E-state index is 11.5. The molecule has 2 amide bonds. The number of nitrogens with one attached hydrogen (secondary N) is 2. The van der Waals surface area contributed by atoms with Crippen molar-refractivity contribution in [2.24, 2.45) is 5.92 Å². The van der Waals surface area contributed by atoms with Crippen molar-refractivity contribution in [1.82, 2.24) is 10.6 Å². The molecule has 1 aliphatic carbocycles. The SMILES string of the molecule is CC(=O)NCCNC(=O)c1ccccc1.CCC1CCCC1. The van der Waals surface area contributed by atoms with Gasteiger partial charge in [-0.1, -0.05) is 57.2 Å². The van der Waals surface area contributed by atoms with Crippen molar-refractivity contribution in [1.29, 1.82) is 0 Å². The van der Waals surface area contributed by atoms with Gasteiger partial charge in [-0.05, 0) is 18.1 Å². The monoisotopic (exact) mass is 304 g/mol. The Kier molecular flexibility index (Phi) is 8.96. The molecule has 122 valence electrons. The molecule has 1 saturated carbocycles. The van der Waals surface area contributed by atoms with Gasteiger partial charge in [0.2, 0.25) is 5.91 Å². The van der Waals surface area contributed by atoms with E-state index in [0.717, 1.165) is 5.92 Å². The van der Waals surface area contributed by atoms with Gasteiger partial charge in [0.05, 0.1) is 0 Å². The van der Waals surface area contributed by atoms with Crippen LogP contribution >= 0.6 is 0 Å². The summed E-state index contributed by atoms with van der Waals surface area (Å²) in [7, 11) is 0. The van der Waals surface area contributed by atoms with Crippen LogP contribution in [0.25, 0.3) is 0 Å². The first-order chi connectivity index (χ1) is 10.6. The lowest BCUT2D eigenvalue weighted by atomic mass is 10.1. The number of hydrogen-bond acceptors (Lipinski definition) is 2. The Balaban J connectivity index is 0.000000287. The van der Waals surface area contributed by atoms with Crippen molar-refractivity contribution in [2.45, 2.75) is 46.0 Å². The molecular weight excluding hydrogens is 276 g/mol. The van der Waals surface area contributed by atoms with Crippen LogP contribution in [0, 0.1) is 5.92 Å². The van der Waals surface area contributed by atoms with Gasteiger partial charge in [0, 0.05) is 25.6 Å². The van der Waals surface area contributed by atoms with E-state index in [2.05, 4.69) is 17.6 Å². The zero-order valence-electron chi connectivity index (χ0n) is 13.7. The average Bonchev–Trinajstić information content (AvgIpc) is 3.06. The summed E-state index contributed by atoms with van der Waals surface area (Å²) < 4.78 is 0. The van der Waals surface area contributed by atoms with Gasteiger partial charge in [-0.3, -0.25) is 9.59 Å². The second-order valence-electron chi connectivity index (χ2n) is 5.66. The Labute approximate surface area is 133 Å². The molecule has 4 nitrogen and oxygen atoms in total. The van der Waals surface area contributed by atoms with Crippen LogP contribution < -0.4 is 10.6 Å². The van der Waals surface area contributed by atoms with Crippen LogP contribution in [0.3, 0.4) is 0 Å². The number of carbonyl (C=O) groups is 2. The van der Waals surface area contributed by atoms with E-state index in [1.807, 2.05) is 18.2 Å². The molecule has 2 rings (SSSR count). The van der Waals surface area contributed by atoms with E-state index in [4.69, 9.17) is 0 Å². The summed E-state index contributed by atoms with van der Waals surface area (Å²) in [5, 5.41) is 5.30. The Bertz CT molecular complexity index is 440. The van der Waals surface area contributed by atoms with Gasteiger partial charge in [-0.25, -0.2) is 0 Å². The van der Waals surface area contributed by atoms with Crippen LogP contribution in [0.5, 0.6) is 0 Å². The minimum Gasteiger partial charge on any atom is -0.355 e. The van der Waals surface area contributed by atoms with Crippen LogP contribution in [0.2, 0.25) is 0 Å². The van der Waals surface area contributed by atoms with Crippen molar-refractivity contribution in [3.05, 3.63) is 35.9 Å². The first-order valence-electron chi connectivity index (χ1n) is 8.21. The van der Waals surface area contributed by atoms with E-state index in [1.165, 1.54) is 39.0 Å². The van der Waals surface area contributed by atoms with E-state index in [1.54, 1.807) is 12.1 Å². The molecule has 0 aromatic heterocycles. The van der Waals surface area contributed by atoms with Gasteiger partial charge in [0.15, 0.2) is 0 Å². The van der Waals surface area contributed by atoms with E-state index < -0.39 is 0 Å². The van der Waals surface area contributed by atoms with Gasteiger partial charge in [0.25, 0.3) is 5.91 Å². The number of rotatable bonds is 5. The van der Waals surface area contributed by atoms with Crippen LogP contribution in [0.15, 0.2) is 30.3 Å². The normalized spacial score (nSPS) is 13.9. The van der Waals surface area contributed by atoms with Crippen molar-refractivity contribution in [3.63, 3.8) is 0 Å². The fourth-order valence-corrected chi connectivity index (χ4v) is 2.52. The van der Waals surface area contributed by atoms with Crippen LogP contribution in [0.4, 0.5) is 0 Å². The molecule has 1 aromatic carbocycles. The third-order valence-corrected chi connectivity index (χ3v) is 3.87. The highest BCUT2D eigenvalue weighted by Gasteiger charge is 2.11. The minimum atomic E-state index is -0.124. The van der Waals surface area contributed by atoms with Crippen molar-refractivity contribution >= 4 is 11.8 Å². The van der Waals surface area contributed by atoms with Crippen LogP contribution in [-0.4, -0.2) is 24.9 Å². The lowest BCUT2D eigenvalue weighted by Crippen LogP contribution is -2.33. The zero-order chi connectivity index (χ0) is 16.2. The topological polar surface area (TPSA) is 58.2 Å². The van der Waals surface area contributed by atoms with Crippen molar-refractivity contribution < 1.29 is 9.59 Å². The standard InChI is InChI=1S/C11H14N2O2.C7H14/c1-9(14)12-7-8-13-11(15)10-5-3-2-4-6-10;1-2-7-5-3-4-6-7/h2-6H,7-8H2,1H3,(H,12,14)(H,13,15);7H,2-6H2,1H3. The van der Waals surface area contributed by atoms with E-state index in [-0.39, 0.29) is 11.8 Å². The average molecular weight is 304 g/mol. The van der Waals surface area contributed by atoms with Gasteiger partial charge in [0.1, 0.15) is 0 Å². The van der Waals surface area contributed by atoms with E-state index in [9.17, 15) is 9.59 Å². The molecule has 0 radical (unpaired) electrons. The van der Waals surface area contributed by atoms with Gasteiger partial charge < -0.3 is 10.6 Å². The van der Waals surface area contributed by atoms with Gasteiger partial charge in [-0.15, -0.1) is 0 Å². The molecule has 1 aromatic rings. The molecule has 0 aliphatic heterocycles. The minimum absolute atomic E-state index is 0.0936. The lowest BCUT2D eigenvalue weighted by Gasteiger charge is -2.05. The maximum atomic E-state index is 11.5. The highest BCUT2D eigenvalue weighted by Crippen LogP contribution is 2.26. The summed E-state index contributed by atoms with van der Waals surface area (Å²) in [6.45, 7) is 4.64. The third-order valence-electron chi connectivity index (χ3n) is 3.87. The first kappa shape index (κ1) is 18.2. The Morgan fingerprint density at radius 1 is 1.05 bits per heavy atom. The molecular formula is C18H28N2O2. The summed E-state index contributed by atoms with van der Waals surface area (Å²) in [5.74, 6) is 0.880. The maximum Gasteiger partial charge on any atom is 0.251 e. The van der Waals surface area contributed by atoms with Crippen LogP contribution in [-0.2, 0) is 4.79 Å². The summed E-state index contributed by atoms with van der Waals surface area (Å²) in [6.07, 6.45) is 7.43. The summed E-state index contributed by atoms with van der Waals surface area (Å²) in [5.41, 5.74) is 0.625. The highest BCUT2D eigenvalue weighted by molar-refractivity contribution is 5.94. The molecule has 4 heteroatoms. The number of benzene rings is 1. The second kappa shape index (κ2) is 10.8. The molecule has 0 heterocycles. The quantitative estimate of drug-likeness (QED) is 0.821. The highest BCUT2D eigenvalue weighted by atomic mass is 16.2. The largest absolute Gasteiger partial charge is 0.355 e. The fourth-order valence-electron chi connectivity index (χ4n) is 2.52. The molecule has 1 fully saturated rings. The van der Waals surface area contributed by atoms with Gasteiger partial charge >= 0.3 is 0 Å². The van der Waals surface area contributed by atoms with E-state index in [0.29, 0.717) is 18.7 Å². The summed E-state index contributed by atoms with van der Waals surface area (Å²) in [6, 6.07) is 8.96. The molecule has 2 N–H and O–H groups in total. The zero-order valence-corrected chi connectivity index (χ0v) is 13.7. The molecule has 22 heavy (non-hydrogen) atoms. The fraction of sp³-hybridized carbons (Fsp3) is 0.556. The van der Waals surface area contributed by atoms with Crippen molar-refractivity contribution in [2.75, 3.05) is 13.1 Å². The molecule has 1 aliphatic rings. The summed E-state index contributed by atoms with van der Waals surface area (Å²) >= 11 is 0. The van der Waals surface area contributed by atoms with Crippen LogP contribution in [0.1, 0.15) is 56.3 Å². The van der Waals surface area contributed by atoms with E-state index >= 15 is 0 Å². The second-order valence-corrected chi connectivity index (χ2v) is 5.66. The predicted octanol–water partition coefficient (Wildman–Crippen LogP) is 3.14. The van der Waals surface area contributed by atoms with Gasteiger partial charge in [-0.2, -0.15) is 0 Å². The molecule has 0 bridgehead atoms. The molecule has 0 saturated heterocycles. The Morgan fingerprint density at radius 3 is 2.14 bits per heavy atom. The smallest absolute Gasteiger partial charge is 0.251 e. The molecule has 0 unspecified atom stereocenters. The lowest BCUT2D eigenvalue weighted by molar-refractivity contribution is -0.118. The number of hydrogen-bond donors (Lipinski definition) is 2. The molecule has 0 spiro atoms. The Morgan fingerprint density at radius 2 is 1.64 bits per heavy atom. The first-order valence-corrected chi connectivity index (χ1v) is 8.21. The summed E-state index contributed by atoms with van der Waals surface area (Å²) in [4.78, 5) is 22.0. The number of carbonyl (C=O) groups excluding carboxylic acids is 2.